The van der Waals surface area contributed by atoms with Crippen molar-refractivity contribution in [1.82, 2.24) is 5.32 Å². The van der Waals surface area contributed by atoms with E-state index in [2.05, 4.69) is 31.3 Å². The van der Waals surface area contributed by atoms with E-state index in [1.807, 2.05) is 6.08 Å². The first-order valence-corrected chi connectivity index (χ1v) is 27.2. The molecule has 0 aromatic carbocycles. The van der Waals surface area contributed by atoms with E-state index in [0.29, 0.717) is 6.42 Å². The smallest absolute Gasteiger partial charge is 0.249 e. The average molecular weight is 846 g/mol. The zero-order valence-electron chi connectivity index (χ0n) is 40.6. The first-order chi connectivity index (χ1) is 29.6. The molecule has 5 heteroatoms. The molecule has 0 aromatic heterocycles. The van der Waals surface area contributed by atoms with Crippen LogP contribution in [0.5, 0.6) is 0 Å². The summed E-state index contributed by atoms with van der Waals surface area (Å²) in [5.41, 5.74) is 0. The Labute approximate surface area is 375 Å². The van der Waals surface area contributed by atoms with Gasteiger partial charge >= 0.3 is 0 Å². The summed E-state index contributed by atoms with van der Waals surface area (Å²) in [4.78, 5) is 12.5. The summed E-state index contributed by atoms with van der Waals surface area (Å²) in [6.07, 6.45) is 63.9. The van der Waals surface area contributed by atoms with Gasteiger partial charge in [-0.05, 0) is 32.1 Å². The van der Waals surface area contributed by atoms with Gasteiger partial charge in [-0.25, -0.2) is 0 Å². The molecular weight excluding hydrogens is 739 g/mol. The predicted octanol–water partition coefficient (Wildman–Crippen LogP) is 16.5. The highest BCUT2D eigenvalue weighted by molar-refractivity contribution is 5.80. The summed E-state index contributed by atoms with van der Waals surface area (Å²) in [6.45, 7) is 4.21. The molecule has 0 saturated carbocycles. The molecular formula is C55H107NO4. The Hall–Kier alpha value is -1.17. The number of carbonyl (C=O) groups is 1. The molecule has 0 heterocycles. The number of unbranched alkanes of at least 4 members (excludes halogenated alkanes) is 40. The highest BCUT2D eigenvalue weighted by atomic mass is 16.3. The van der Waals surface area contributed by atoms with Gasteiger partial charge in [0.25, 0.3) is 0 Å². The van der Waals surface area contributed by atoms with Gasteiger partial charge in [0.2, 0.25) is 5.91 Å². The highest BCUT2D eigenvalue weighted by Crippen LogP contribution is 2.17. The van der Waals surface area contributed by atoms with E-state index >= 15 is 0 Å². The number of amides is 1. The standard InChI is InChI=1S/C55H107NO4/c1-3-5-7-9-11-13-15-17-19-21-23-25-26-27-28-30-32-34-36-38-40-42-44-46-48-50-54(59)55(60)56-52(51-57)53(58)49-47-45-43-41-39-37-35-33-31-29-24-22-20-18-16-14-12-10-8-6-4-2/h39,41,47,49,52-54,57-59H,3-38,40,42-46,48,50-51H2,1-2H3,(H,56,60)/b41-39+,49-47+. The van der Waals surface area contributed by atoms with Crippen LogP contribution in [0.4, 0.5) is 0 Å². The summed E-state index contributed by atoms with van der Waals surface area (Å²) in [5, 5.41) is 33.3. The number of carbonyl (C=O) groups excluding carboxylic acids is 1. The summed E-state index contributed by atoms with van der Waals surface area (Å²) >= 11 is 0. The first-order valence-electron chi connectivity index (χ1n) is 27.2. The van der Waals surface area contributed by atoms with Crippen molar-refractivity contribution in [3.05, 3.63) is 24.3 Å². The van der Waals surface area contributed by atoms with Gasteiger partial charge in [-0.3, -0.25) is 4.79 Å². The third-order valence-corrected chi connectivity index (χ3v) is 12.8. The van der Waals surface area contributed by atoms with Gasteiger partial charge in [0.1, 0.15) is 6.10 Å². The molecule has 0 saturated heterocycles. The van der Waals surface area contributed by atoms with E-state index in [0.717, 1.165) is 38.5 Å². The maximum absolute atomic E-state index is 12.5. The molecule has 0 bridgehead atoms. The number of allylic oxidation sites excluding steroid dienone is 3. The molecule has 0 aliphatic rings. The van der Waals surface area contributed by atoms with Gasteiger partial charge in [-0.1, -0.05) is 289 Å². The molecule has 60 heavy (non-hydrogen) atoms. The Morgan fingerprint density at radius 3 is 1.02 bits per heavy atom. The molecule has 4 N–H and O–H groups in total. The molecule has 3 unspecified atom stereocenters. The molecule has 3 atom stereocenters. The third kappa shape index (κ3) is 44.9. The van der Waals surface area contributed by atoms with Crippen molar-refractivity contribution in [2.24, 2.45) is 0 Å². The molecule has 0 radical (unpaired) electrons. The van der Waals surface area contributed by atoms with Gasteiger partial charge in [0.05, 0.1) is 18.8 Å². The van der Waals surface area contributed by atoms with Crippen LogP contribution >= 0.6 is 0 Å². The minimum Gasteiger partial charge on any atom is -0.394 e. The van der Waals surface area contributed by atoms with Crippen LogP contribution in [0.25, 0.3) is 0 Å². The van der Waals surface area contributed by atoms with E-state index in [1.54, 1.807) is 6.08 Å². The van der Waals surface area contributed by atoms with Crippen molar-refractivity contribution < 1.29 is 20.1 Å². The Bertz CT molecular complexity index is 890. The molecule has 0 aliphatic carbocycles. The van der Waals surface area contributed by atoms with Crippen molar-refractivity contribution in [1.29, 1.82) is 0 Å². The van der Waals surface area contributed by atoms with Crippen LogP contribution in [0.3, 0.4) is 0 Å². The summed E-state index contributed by atoms with van der Waals surface area (Å²) in [7, 11) is 0. The van der Waals surface area contributed by atoms with Gasteiger partial charge in [-0.15, -0.1) is 0 Å². The molecule has 5 nitrogen and oxygen atoms in total. The summed E-state index contributed by atoms with van der Waals surface area (Å²) < 4.78 is 0. The Morgan fingerprint density at radius 2 is 0.683 bits per heavy atom. The Balaban J connectivity index is 3.59. The lowest BCUT2D eigenvalue weighted by molar-refractivity contribution is -0.131. The number of aliphatic hydroxyl groups excluding tert-OH is 3. The number of aliphatic hydroxyl groups is 3. The second kappa shape index (κ2) is 50.5. The largest absolute Gasteiger partial charge is 0.394 e. The molecule has 356 valence electrons. The fourth-order valence-corrected chi connectivity index (χ4v) is 8.56. The highest BCUT2D eigenvalue weighted by Gasteiger charge is 2.22. The van der Waals surface area contributed by atoms with Gasteiger partial charge in [0, 0.05) is 0 Å². The molecule has 0 spiro atoms. The molecule has 0 aromatic rings. The molecule has 1 amide bonds. The predicted molar refractivity (Wildman–Crippen MR) is 264 cm³/mol. The van der Waals surface area contributed by atoms with Crippen molar-refractivity contribution in [2.45, 2.75) is 315 Å². The van der Waals surface area contributed by atoms with E-state index in [-0.39, 0.29) is 6.61 Å². The Morgan fingerprint density at radius 1 is 0.400 bits per heavy atom. The van der Waals surface area contributed by atoms with Crippen LogP contribution in [0.15, 0.2) is 24.3 Å². The van der Waals surface area contributed by atoms with Crippen molar-refractivity contribution in [3.8, 4) is 0 Å². The summed E-state index contributed by atoms with van der Waals surface area (Å²) in [5.74, 6) is -0.507. The fraction of sp³-hybridized carbons (Fsp3) is 0.909. The lowest BCUT2D eigenvalue weighted by atomic mass is 10.0. The fourth-order valence-electron chi connectivity index (χ4n) is 8.56. The van der Waals surface area contributed by atoms with Gasteiger partial charge in [0.15, 0.2) is 0 Å². The molecule has 0 aliphatic heterocycles. The Kier molecular flexibility index (Phi) is 49.5. The number of rotatable bonds is 50. The lowest BCUT2D eigenvalue weighted by Crippen LogP contribution is -2.48. The number of hydrogen-bond donors (Lipinski definition) is 4. The minimum atomic E-state index is -1.10. The quantitative estimate of drug-likeness (QED) is 0.0363. The van der Waals surface area contributed by atoms with Gasteiger partial charge < -0.3 is 20.6 Å². The van der Waals surface area contributed by atoms with E-state index in [9.17, 15) is 20.1 Å². The number of nitrogens with one attached hydrogen (secondary N) is 1. The molecule has 0 rings (SSSR count). The second-order valence-electron chi connectivity index (χ2n) is 18.8. The van der Waals surface area contributed by atoms with Crippen LogP contribution in [0.1, 0.15) is 296 Å². The minimum absolute atomic E-state index is 0.372. The first kappa shape index (κ1) is 58.8. The van der Waals surface area contributed by atoms with Crippen molar-refractivity contribution in [2.75, 3.05) is 6.61 Å². The van der Waals surface area contributed by atoms with Crippen molar-refractivity contribution >= 4 is 5.91 Å². The van der Waals surface area contributed by atoms with E-state index in [4.69, 9.17) is 0 Å². The van der Waals surface area contributed by atoms with Crippen LogP contribution in [0, 0.1) is 0 Å². The van der Waals surface area contributed by atoms with E-state index < -0.39 is 24.2 Å². The monoisotopic (exact) mass is 846 g/mol. The molecule has 0 fully saturated rings. The normalized spacial score (nSPS) is 13.5. The SMILES string of the molecule is CCCCCCCCCCCCCCCCC/C=C/CC/C=C/C(O)C(CO)NC(=O)C(O)CCCCCCCCCCCCCCCCCCCCCCCCCCC. The number of hydrogen-bond acceptors (Lipinski definition) is 4. The second-order valence-corrected chi connectivity index (χ2v) is 18.8. The topological polar surface area (TPSA) is 89.8 Å². The maximum atomic E-state index is 12.5. The average Bonchev–Trinajstić information content (AvgIpc) is 3.25. The van der Waals surface area contributed by atoms with Crippen LogP contribution in [-0.4, -0.2) is 46.1 Å². The lowest BCUT2D eigenvalue weighted by Gasteiger charge is -2.21. The summed E-state index contributed by atoms with van der Waals surface area (Å²) in [6, 6.07) is -0.812. The van der Waals surface area contributed by atoms with Crippen LogP contribution < -0.4 is 5.32 Å². The van der Waals surface area contributed by atoms with Crippen molar-refractivity contribution in [3.63, 3.8) is 0 Å². The van der Waals surface area contributed by atoms with Crippen LogP contribution in [-0.2, 0) is 4.79 Å². The maximum Gasteiger partial charge on any atom is 0.249 e. The zero-order chi connectivity index (χ0) is 43.7. The van der Waals surface area contributed by atoms with Crippen LogP contribution in [0.2, 0.25) is 0 Å². The zero-order valence-corrected chi connectivity index (χ0v) is 40.6. The van der Waals surface area contributed by atoms with Gasteiger partial charge in [-0.2, -0.15) is 0 Å². The van der Waals surface area contributed by atoms with E-state index in [1.165, 1.54) is 238 Å². The third-order valence-electron chi connectivity index (χ3n) is 12.8.